The van der Waals surface area contributed by atoms with Crippen LogP contribution in [0.4, 0.5) is 0 Å². The average Bonchev–Trinajstić information content (AvgIpc) is 2.77. The molecule has 160 valence electrons. The molecule has 0 atom stereocenters. The van der Waals surface area contributed by atoms with E-state index >= 15 is 0 Å². The van der Waals surface area contributed by atoms with Gasteiger partial charge in [0.1, 0.15) is 0 Å². The Kier molecular flexibility index (Phi) is 6.16. The Hall–Kier alpha value is -4.72. The maximum atomic E-state index is 11.1. The van der Waals surface area contributed by atoms with E-state index in [0.717, 1.165) is 0 Å². The third-order valence-electron chi connectivity index (χ3n) is 4.73. The zero-order chi connectivity index (χ0) is 23.4. The van der Waals surface area contributed by atoms with Gasteiger partial charge in [-0.25, -0.2) is 19.2 Å². The highest BCUT2D eigenvalue weighted by atomic mass is 16.4. The third-order valence-corrected chi connectivity index (χ3v) is 4.73. The Morgan fingerprint density at radius 3 is 1.72 bits per heavy atom. The number of benzene rings is 4. The van der Waals surface area contributed by atoms with Crippen molar-refractivity contribution in [3.8, 4) is 0 Å². The molecule has 8 nitrogen and oxygen atoms in total. The van der Waals surface area contributed by atoms with Crippen molar-refractivity contribution in [1.82, 2.24) is 0 Å². The van der Waals surface area contributed by atoms with Crippen LogP contribution in [0.5, 0.6) is 0 Å². The van der Waals surface area contributed by atoms with Gasteiger partial charge in [-0.2, -0.15) is 0 Å². The van der Waals surface area contributed by atoms with Gasteiger partial charge in [-0.3, -0.25) is 0 Å². The van der Waals surface area contributed by atoms with Gasteiger partial charge in [0.25, 0.3) is 0 Å². The molecule has 4 N–H and O–H groups in total. The third kappa shape index (κ3) is 4.39. The average molecular weight is 432 g/mol. The molecule has 0 saturated heterocycles. The Bertz CT molecular complexity index is 1370. The number of carbonyl (C=O) groups is 4. The van der Waals surface area contributed by atoms with Crippen molar-refractivity contribution in [2.24, 2.45) is 0 Å². The molecule has 4 rings (SSSR count). The van der Waals surface area contributed by atoms with Gasteiger partial charge in [0.05, 0.1) is 22.3 Å². The molecule has 0 aliphatic carbocycles. The van der Waals surface area contributed by atoms with Crippen LogP contribution < -0.4 is 0 Å². The zero-order valence-corrected chi connectivity index (χ0v) is 16.4. The van der Waals surface area contributed by atoms with Crippen LogP contribution in [-0.2, 0) is 0 Å². The lowest BCUT2D eigenvalue weighted by molar-refractivity contribution is 0.0653. The minimum absolute atomic E-state index is 0.0844. The first-order valence-corrected chi connectivity index (χ1v) is 9.18. The van der Waals surface area contributed by atoms with Gasteiger partial charge in [0.15, 0.2) is 0 Å². The molecule has 0 aliphatic rings. The molecular formula is C24H16O8. The number of rotatable bonds is 4. The highest BCUT2D eigenvalue weighted by Crippen LogP contribution is 2.23. The fraction of sp³-hybridized carbons (Fsp3) is 0. The SMILES string of the molecule is O=C(O)c1ccc2cccc(C(=O)O)c2c1.O=C(O)c1ccc2ccccc2c1C(=O)O. The Balaban J connectivity index is 0.000000181. The zero-order valence-electron chi connectivity index (χ0n) is 16.4. The van der Waals surface area contributed by atoms with Crippen LogP contribution in [0.2, 0.25) is 0 Å². The van der Waals surface area contributed by atoms with Gasteiger partial charge in [0.2, 0.25) is 0 Å². The summed E-state index contributed by atoms with van der Waals surface area (Å²) in [5.74, 6) is -4.59. The minimum atomic E-state index is -1.23. The maximum absolute atomic E-state index is 11.1. The molecule has 0 spiro atoms. The second-order valence-electron chi connectivity index (χ2n) is 6.67. The van der Waals surface area contributed by atoms with Crippen LogP contribution in [0.15, 0.2) is 72.8 Å². The predicted molar refractivity (Wildman–Crippen MR) is 116 cm³/mol. The monoisotopic (exact) mass is 432 g/mol. The molecule has 0 amide bonds. The van der Waals surface area contributed by atoms with E-state index < -0.39 is 23.9 Å². The summed E-state index contributed by atoms with van der Waals surface area (Å²) in [7, 11) is 0. The molecule has 0 radical (unpaired) electrons. The number of fused-ring (bicyclic) bond motifs is 2. The molecule has 4 aromatic carbocycles. The van der Waals surface area contributed by atoms with E-state index in [0.29, 0.717) is 21.5 Å². The number of aromatic carboxylic acids is 4. The van der Waals surface area contributed by atoms with Crippen LogP contribution in [-0.4, -0.2) is 44.3 Å². The summed E-state index contributed by atoms with van der Waals surface area (Å²) >= 11 is 0. The van der Waals surface area contributed by atoms with Crippen LogP contribution in [0.1, 0.15) is 41.4 Å². The fourth-order valence-corrected chi connectivity index (χ4v) is 3.27. The van der Waals surface area contributed by atoms with Crippen molar-refractivity contribution in [2.45, 2.75) is 0 Å². The summed E-state index contributed by atoms with van der Waals surface area (Å²) < 4.78 is 0. The molecule has 0 saturated carbocycles. The van der Waals surface area contributed by atoms with Crippen LogP contribution >= 0.6 is 0 Å². The van der Waals surface area contributed by atoms with E-state index in [1.165, 1.54) is 24.3 Å². The lowest BCUT2D eigenvalue weighted by atomic mass is 9.99. The highest BCUT2D eigenvalue weighted by Gasteiger charge is 2.18. The molecule has 0 bridgehead atoms. The molecule has 0 aromatic heterocycles. The van der Waals surface area contributed by atoms with Gasteiger partial charge in [-0.15, -0.1) is 0 Å². The summed E-state index contributed by atoms with van der Waals surface area (Å²) in [4.78, 5) is 43.7. The lowest BCUT2D eigenvalue weighted by Crippen LogP contribution is -2.08. The van der Waals surface area contributed by atoms with Gasteiger partial charge in [-0.05, 0) is 45.8 Å². The molecule has 8 heteroatoms. The maximum Gasteiger partial charge on any atom is 0.337 e. The Labute approximate surface area is 180 Å². The molecular weight excluding hydrogens is 416 g/mol. The molecule has 0 heterocycles. The van der Waals surface area contributed by atoms with E-state index in [-0.39, 0.29) is 22.3 Å². The van der Waals surface area contributed by atoms with E-state index in [2.05, 4.69) is 0 Å². The minimum Gasteiger partial charge on any atom is -0.478 e. The number of hydrogen-bond donors (Lipinski definition) is 4. The number of carboxylic acid groups (broad SMARTS) is 4. The van der Waals surface area contributed by atoms with Crippen molar-refractivity contribution in [1.29, 1.82) is 0 Å². The molecule has 0 fully saturated rings. The highest BCUT2D eigenvalue weighted by molar-refractivity contribution is 6.11. The number of hydrogen-bond acceptors (Lipinski definition) is 4. The van der Waals surface area contributed by atoms with Crippen molar-refractivity contribution in [3.63, 3.8) is 0 Å². The Morgan fingerprint density at radius 2 is 1.09 bits per heavy atom. The molecule has 0 unspecified atom stereocenters. The van der Waals surface area contributed by atoms with Crippen molar-refractivity contribution < 1.29 is 39.6 Å². The predicted octanol–water partition coefficient (Wildman–Crippen LogP) is 4.47. The summed E-state index contributed by atoms with van der Waals surface area (Å²) in [5.41, 5.74) is -0.154. The van der Waals surface area contributed by atoms with E-state index in [1.54, 1.807) is 48.5 Å². The summed E-state index contributed by atoms with van der Waals surface area (Å²) in [6, 6.07) is 19.0. The quantitative estimate of drug-likeness (QED) is 0.369. The van der Waals surface area contributed by atoms with E-state index in [1.807, 2.05) is 0 Å². The molecule has 0 aliphatic heterocycles. The summed E-state index contributed by atoms with van der Waals surface area (Å²) in [5, 5.41) is 38.1. The standard InChI is InChI=1S/2C12H8O4/c13-11(14)8-5-4-7-2-1-3-9(12(15)16)10(7)6-8;13-11(14)9-6-5-7-3-1-2-4-8(7)10(9)12(15)16/h2*1-6H,(H,13,14)(H,15,16). The van der Waals surface area contributed by atoms with Crippen molar-refractivity contribution in [2.75, 3.05) is 0 Å². The van der Waals surface area contributed by atoms with Crippen LogP contribution in [0, 0.1) is 0 Å². The van der Waals surface area contributed by atoms with Crippen LogP contribution in [0.25, 0.3) is 21.5 Å². The topological polar surface area (TPSA) is 149 Å². The van der Waals surface area contributed by atoms with Crippen molar-refractivity contribution >= 4 is 45.4 Å². The summed E-state index contributed by atoms with van der Waals surface area (Å²) in [6.07, 6.45) is 0. The first-order valence-electron chi connectivity index (χ1n) is 9.18. The van der Waals surface area contributed by atoms with E-state index in [9.17, 15) is 19.2 Å². The fourth-order valence-electron chi connectivity index (χ4n) is 3.27. The van der Waals surface area contributed by atoms with E-state index in [4.69, 9.17) is 20.4 Å². The van der Waals surface area contributed by atoms with Crippen molar-refractivity contribution in [3.05, 3.63) is 95.1 Å². The first-order chi connectivity index (χ1) is 15.2. The van der Waals surface area contributed by atoms with Gasteiger partial charge in [0, 0.05) is 0 Å². The first kappa shape index (κ1) is 22.0. The van der Waals surface area contributed by atoms with Gasteiger partial charge >= 0.3 is 23.9 Å². The Morgan fingerprint density at radius 1 is 0.500 bits per heavy atom. The smallest absolute Gasteiger partial charge is 0.337 e. The van der Waals surface area contributed by atoms with Crippen LogP contribution in [0.3, 0.4) is 0 Å². The summed E-state index contributed by atoms with van der Waals surface area (Å²) in [6.45, 7) is 0. The second kappa shape index (κ2) is 8.97. The number of carboxylic acids is 4. The largest absolute Gasteiger partial charge is 0.478 e. The lowest BCUT2D eigenvalue weighted by Gasteiger charge is -2.05. The second-order valence-corrected chi connectivity index (χ2v) is 6.67. The van der Waals surface area contributed by atoms with Gasteiger partial charge < -0.3 is 20.4 Å². The van der Waals surface area contributed by atoms with Gasteiger partial charge in [-0.1, -0.05) is 48.5 Å². The normalized spacial score (nSPS) is 10.2. The molecule has 32 heavy (non-hydrogen) atoms. The molecule has 4 aromatic rings.